The summed E-state index contributed by atoms with van der Waals surface area (Å²) < 4.78 is 1.95. The first-order valence-electron chi connectivity index (χ1n) is 10.5. The van der Waals surface area contributed by atoms with Gasteiger partial charge in [-0.05, 0) is 48.4 Å². The quantitative estimate of drug-likeness (QED) is 0.228. The van der Waals surface area contributed by atoms with Gasteiger partial charge in [-0.1, -0.05) is 67.2 Å². The lowest BCUT2D eigenvalue weighted by Crippen LogP contribution is -2.22. The first-order chi connectivity index (χ1) is 16.2. The molecule has 0 spiro atoms. The van der Waals surface area contributed by atoms with Crippen molar-refractivity contribution in [2.45, 2.75) is 18.5 Å². The highest BCUT2D eigenvalue weighted by Crippen LogP contribution is 2.27. The lowest BCUT2D eigenvalue weighted by atomic mass is 10.1. The Labute approximate surface area is 196 Å². The molecule has 8 heteroatoms. The van der Waals surface area contributed by atoms with Crippen molar-refractivity contribution in [2.24, 2.45) is 5.10 Å². The minimum atomic E-state index is -0.242. The van der Waals surface area contributed by atoms with E-state index in [9.17, 15) is 9.90 Å². The van der Waals surface area contributed by atoms with Crippen molar-refractivity contribution >= 4 is 23.4 Å². The molecule has 3 aromatic carbocycles. The summed E-state index contributed by atoms with van der Waals surface area (Å²) in [6.07, 6.45) is 0.640. The molecule has 0 unspecified atom stereocenters. The van der Waals surface area contributed by atoms with E-state index in [-0.39, 0.29) is 17.4 Å². The van der Waals surface area contributed by atoms with E-state index in [1.165, 1.54) is 11.8 Å². The first kappa shape index (κ1) is 22.3. The number of aromatic nitrogens is 3. The van der Waals surface area contributed by atoms with Gasteiger partial charge in [0.05, 0.1) is 11.5 Å². The Morgan fingerprint density at radius 1 is 0.970 bits per heavy atom. The molecule has 0 bridgehead atoms. The highest BCUT2D eigenvalue weighted by Gasteiger charge is 2.17. The molecule has 0 saturated carbocycles. The van der Waals surface area contributed by atoms with Gasteiger partial charge in [-0.15, -0.1) is 10.2 Å². The second-order valence-electron chi connectivity index (χ2n) is 7.13. The minimum absolute atomic E-state index is 0.135. The Kier molecular flexibility index (Phi) is 7.16. The molecule has 1 heterocycles. The van der Waals surface area contributed by atoms with Crippen LogP contribution in [0.25, 0.3) is 17.1 Å². The zero-order valence-electron chi connectivity index (χ0n) is 18.0. The van der Waals surface area contributed by atoms with Gasteiger partial charge in [0, 0.05) is 11.3 Å². The van der Waals surface area contributed by atoms with Crippen LogP contribution in [0.2, 0.25) is 0 Å². The van der Waals surface area contributed by atoms with E-state index in [1.807, 2.05) is 72.2 Å². The van der Waals surface area contributed by atoms with E-state index in [1.54, 1.807) is 24.3 Å². The van der Waals surface area contributed by atoms with Gasteiger partial charge in [0.15, 0.2) is 11.0 Å². The van der Waals surface area contributed by atoms with E-state index < -0.39 is 0 Å². The predicted molar refractivity (Wildman–Crippen MR) is 131 cm³/mol. The predicted octanol–water partition coefficient (Wildman–Crippen LogP) is 4.66. The van der Waals surface area contributed by atoms with Gasteiger partial charge in [-0.3, -0.25) is 9.36 Å². The number of hydrogen-bond acceptors (Lipinski definition) is 6. The Balaban J connectivity index is 1.50. The van der Waals surface area contributed by atoms with Crippen LogP contribution in [-0.2, 0) is 4.79 Å². The number of benzene rings is 3. The Bertz CT molecular complexity index is 1240. The number of nitrogens with zero attached hydrogens (tertiary/aromatic N) is 4. The highest BCUT2D eigenvalue weighted by molar-refractivity contribution is 7.99. The molecule has 1 aromatic heterocycles. The van der Waals surface area contributed by atoms with Crippen LogP contribution < -0.4 is 5.43 Å². The molecule has 0 aliphatic heterocycles. The third kappa shape index (κ3) is 5.48. The van der Waals surface area contributed by atoms with Crippen molar-refractivity contribution in [2.75, 3.05) is 5.75 Å². The number of carbonyl (C=O) groups is 1. The molecule has 33 heavy (non-hydrogen) atoms. The van der Waals surface area contributed by atoms with Crippen LogP contribution in [0.15, 0.2) is 95.2 Å². The summed E-state index contributed by atoms with van der Waals surface area (Å²) in [5, 5.41) is 23.1. The maximum Gasteiger partial charge on any atom is 0.250 e. The molecule has 0 fully saturated rings. The number of phenols is 1. The number of nitrogens with one attached hydrogen (secondary N) is 1. The number of hydrazone groups is 1. The summed E-state index contributed by atoms with van der Waals surface area (Å²) in [5.74, 6) is 0.791. The van der Waals surface area contributed by atoms with Crippen molar-refractivity contribution < 1.29 is 9.90 Å². The number of carbonyl (C=O) groups excluding carboxylic acids is 1. The average molecular weight is 458 g/mol. The number of thioether (sulfide) groups is 1. The number of phenolic OH excluding ortho intramolecular Hbond substituents is 1. The molecule has 1 amide bonds. The number of para-hydroxylation sites is 1. The van der Waals surface area contributed by atoms with Gasteiger partial charge in [-0.2, -0.15) is 5.10 Å². The summed E-state index contributed by atoms with van der Waals surface area (Å²) in [4.78, 5) is 12.5. The van der Waals surface area contributed by atoms with Crippen LogP contribution in [0.5, 0.6) is 5.75 Å². The molecule has 0 saturated heterocycles. The van der Waals surface area contributed by atoms with Crippen molar-refractivity contribution in [3.8, 4) is 22.8 Å². The molecule has 4 rings (SSSR count). The van der Waals surface area contributed by atoms with Gasteiger partial charge >= 0.3 is 0 Å². The fraction of sp³-hybridized carbons (Fsp3) is 0.120. The van der Waals surface area contributed by atoms with E-state index in [0.717, 1.165) is 22.5 Å². The third-order valence-electron chi connectivity index (χ3n) is 4.86. The second kappa shape index (κ2) is 10.6. The van der Waals surface area contributed by atoms with Crippen LogP contribution in [0.1, 0.15) is 18.9 Å². The van der Waals surface area contributed by atoms with Gasteiger partial charge in [-0.25, -0.2) is 5.43 Å². The number of rotatable bonds is 8. The molecule has 0 radical (unpaired) electrons. The summed E-state index contributed by atoms with van der Waals surface area (Å²) in [7, 11) is 0. The van der Waals surface area contributed by atoms with Gasteiger partial charge < -0.3 is 5.11 Å². The zero-order chi connectivity index (χ0) is 23.0. The third-order valence-corrected chi connectivity index (χ3v) is 5.79. The van der Waals surface area contributed by atoms with Crippen LogP contribution in [-0.4, -0.2) is 37.2 Å². The Morgan fingerprint density at radius 2 is 1.64 bits per heavy atom. The molecular formula is C25H23N5O2S. The summed E-state index contributed by atoms with van der Waals surface area (Å²) in [6.45, 7) is 1.96. The molecule has 166 valence electrons. The number of amides is 1. The van der Waals surface area contributed by atoms with Crippen LogP contribution in [0.3, 0.4) is 0 Å². The second-order valence-corrected chi connectivity index (χ2v) is 8.07. The molecule has 2 N–H and O–H groups in total. The van der Waals surface area contributed by atoms with Gasteiger partial charge in [0.1, 0.15) is 5.75 Å². The molecule has 0 aliphatic rings. The number of hydrogen-bond donors (Lipinski definition) is 2. The lowest BCUT2D eigenvalue weighted by Gasteiger charge is -2.10. The minimum Gasteiger partial charge on any atom is -0.508 e. The molecule has 7 nitrogen and oxygen atoms in total. The monoisotopic (exact) mass is 457 g/mol. The highest BCUT2D eigenvalue weighted by atomic mass is 32.2. The molecule has 4 aromatic rings. The smallest absolute Gasteiger partial charge is 0.250 e. The van der Waals surface area contributed by atoms with Gasteiger partial charge in [0.2, 0.25) is 0 Å². The topological polar surface area (TPSA) is 92.4 Å². The van der Waals surface area contributed by atoms with E-state index in [2.05, 4.69) is 20.7 Å². The Morgan fingerprint density at radius 3 is 2.30 bits per heavy atom. The standard InChI is InChI=1S/C25H23N5O2S/c1-2-22(18-13-15-21(31)16-14-18)26-27-23(32)17-33-25-29-28-24(19-9-5-3-6-10-19)30(25)20-11-7-4-8-12-20/h3-16,31H,2,17H2,1H3,(H,27,32). The van der Waals surface area contributed by atoms with Crippen molar-refractivity contribution in [3.63, 3.8) is 0 Å². The largest absolute Gasteiger partial charge is 0.508 e. The fourth-order valence-corrected chi connectivity index (χ4v) is 3.99. The normalized spacial score (nSPS) is 11.4. The number of aromatic hydroxyl groups is 1. The van der Waals surface area contributed by atoms with Gasteiger partial charge in [0.25, 0.3) is 5.91 Å². The van der Waals surface area contributed by atoms with E-state index in [0.29, 0.717) is 17.4 Å². The van der Waals surface area contributed by atoms with Crippen molar-refractivity contribution in [1.29, 1.82) is 0 Å². The van der Waals surface area contributed by atoms with Crippen LogP contribution >= 0.6 is 11.8 Å². The summed E-state index contributed by atoms with van der Waals surface area (Å²) in [6, 6.07) is 26.4. The maximum absolute atomic E-state index is 12.5. The molecule has 0 atom stereocenters. The lowest BCUT2D eigenvalue weighted by molar-refractivity contribution is -0.118. The van der Waals surface area contributed by atoms with Crippen molar-refractivity contribution in [3.05, 3.63) is 90.5 Å². The molecular weight excluding hydrogens is 434 g/mol. The van der Waals surface area contributed by atoms with E-state index in [4.69, 9.17) is 0 Å². The summed E-state index contributed by atoms with van der Waals surface area (Å²) >= 11 is 1.30. The Hall–Kier alpha value is -3.91. The first-order valence-corrected chi connectivity index (χ1v) is 11.5. The zero-order valence-corrected chi connectivity index (χ0v) is 18.9. The maximum atomic E-state index is 12.5. The SMILES string of the molecule is CCC(=NNC(=O)CSc1nnc(-c2ccccc2)n1-c1ccccc1)c1ccc(O)cc1. The van der Waals surface area contributed by atoms with Crippen LogP contribution in [0.4, 0.5) is 0 Å². The van der Waals surface area contributed by atoms with Crippen LogP contribution in [0, 0.1) is 0 Å². The molecule has 0 aliphatic carbocycles. The van der Waals surface area contributed by atoms with E-state index >= 15 is 0 Å². The summed E-state index contributed by atoms with van der Waals surface area (Å²) in [5.41, 5.74) is 6.06. The fourth-order valence-electron chi connectivity index (χ4n) is 3.24. The average Bonchev–Trinajstić information content (AvgIpc) is 3.29. The van der Waals surface area contributed by atoms with Crippen molar-refractivity contribution in [1.82, 2.24) is 20.2 Å².